The number of likely N-dealkylation sites (tertiary alicyclic amines) is 1. The van der Waals surface area contributed by atoms with Crippen molar-refractivity contribution < 1.29 is 4.79 Å². The number of aromatic nitrogens is 1. The molecule has 4 atom stereocenters. The van der Waals surface area contributed by atoms with Crippen molar-refractivity contribution in [3.05, 3.63) is 16.1 Å². The number of piperidine rings is 1. The topological polar surface area (TPSA) is 45.2 Å². The maximum Gasteiger partial charge on any atom is 0.239 e. The molecule has 0 bridgehead atoms. The molecular weight excluding hydrogens is 377 g/mol. The lowest BCUT2D eigenvalue weighted by molar-refractivity contribution is -0.134. The van der Waals surface area contributed by atoms with E-state index in [1.165, 1.54) is 37.1 Å². The van der Waals surface area contributed by atoms with Crippen LogP contribution in [0.4, 0.5) is 0 Å². The summed E-state index contributed by atoms with van der Waals surface area (Å²) in [5.41, 5.74) is 1.11. The lowest BCUT2D eigenvalue weighted by Crippen LogP contribution is -2.48. The Morgan fingerprint density at radius 3 is 2.76 bits per heavy atom. The SMILES string of the molecule is Cc1csc(C2CCCN(C(=O)C3CC4CCCCC4N3)C2)n1.Cl.Cl. The maximum absolute atomic E-state index is 13.0. The third-order valence-corrected chi connectivity index (χ3v) is 7.01. The minimum Gasteiger partial charge on any atom is -0.341 e. The van der Waals surface area contributed by atoms with E-state index < -0.39 is 0 Å². The first-order chi connectivity index (χ1) is 11.2. The van der Waals surface area contributed by atoms with Crippen LogP contribution in [-0.2, 0) is 4.79 Å². The number of aryl methyl sites for hydroxylation is 1. The van der Waals surface area contributed by atoms with E-state index in [-0.39, 0.29) is 30.9 Å². The Labute approximate surface area is 167 Å². The molecule has 4 nitrogen and oxygen atoms in total. The van der Waals surface area contributed by atoms with Gasteiger partial charge >= 0.3 is 0 Å². The number of thiazole rings is 1. The van der Waals surface area contributed by atoms with E-state index in [2.05, 4.69) is 27.5 Å². The first-order valence-corrected chi connectivity index (χ1v) is 10.1. The van der Waals surface area contributed by atoms with Crippen molar-refractivity contribution >= 4 is 42.1 Å². The Morgan fingerprint density at radius 1 is 1.24 bits per heavy atom. The van der Waals surface area contributed by atoms with E-state index in [1.54, 1.807) is 11.3 Å². The van der Waals surface area contributed by atoms with Gasteiger partial charge in [0.25, 0.3) is 0 Å². The van der Waals surface area contributed by atoms with E-state index >= 15 is 0 Å². The Morgan fingerprint density at radius 2 is 2.04 bits per heavy atom. The van der Waals surface area contributed by atoms with E-state index in [0.29, 0.717) is 17.9 Å². The van der Waals surface area contributed by atoms with Gasteiger partial charge in [-0.1, -0.05) is 12.8 Å². The van der Waals surface area contributed by atoms with Crippen LogP contribution in [0.1, 0.15) is 61.6 Å². The summed E-state index contributed by atoms with van der Waals surface area (Å²) in [7, 11) is 0. The van der Waals surface area contributed by atoms with Gasteiger partial charge in [0, 0.05) is 36.1 Å². The van der Waals surface area contributed by atoms with Crippen molar-refractivity contribution in [3.63, 3.8) is 0 Å². The van der Waals surface area contributed by atoms with E-state index in [0.717, 1.165) is 37.5 Å². The highest BCUT2D eigenvalue weighted by atomic mass is 35.5. The molecule has 2 saturated heterocycles. The van der Waals surface area contributed by atoms with Gasteiger partial charge in [-0.2, -0.15) is 0 Å². The summed E-state index contributed by atoms with van der Waals surface area (Å²) in [5.74, 6) is 1.52. The van der Waals surface area contributed by atoms with Crippen LogP contribution >= 0.6 is 36.2 Å². The molecule has 4 unspecified atom stereocenters. The number of carbonyl (C=O) groups is 1. The molecule has 1 aromatic rings. The number of nitrogens with one attached hydrogen (secondary N) is 1. The fourth-order valence-electron chi connectivity index (χ4n) is 4.67. The average Bonchev–Trinajstić information content (AvgIpc) is 3.20. The molecular formula is C18H29Cl2N3OS. The second kappa shape index (κ2) is 9.03. The second-order valence-electron chi connectivity index (χ2n) is 7.56. The van der Waals surface area contributed by atoms with Gasteiger partial charge in [0.1, 0.15) is 0 Å². The summed E-state index contributed by atoms with van der Waals surface area (Å²) >= 11 is 1.75. The molecule has 1 amide bonds. The van der Waals surface area contributed by atoms with Gasteiger partial charge in [0.2, 0.25) is 5.91 Å². The van der Waals surface area contributed by atoms with Gasteiger partial charge in [-0.05, 0) is 44.9 Å². The molecule has 0 radical (unpaired) electrons. The molecule has 1 aliphatic carbocycles. The van der Waals surface area contributed by atoms with Gasteiger partial charge in [-0.3, -0.25) is 4.79 Å². The second-order valence-corrected chi connectivity index (χ2v) is 8.45. The van der Waals surface area contributed by atoms with Gasteiger partial charge < -0.3 is 10.2 Å². The molecule has 0 aromatic carbocycles. The molecule has 3 heterocycles. The predicted octanol–water partition coefficient (Wildman–Crippen LogP) is 3.92. The zero-order chi connectivity index (χ0) is 15.8. The summed E-state index contributed by atoms with van der Waals surface area (Å²) in [6, 6.07) is 0.666. The Kier molecular flexibility index (Phi) is 7.56. The first kappa shape index (κ1) is 20.9. The van der Waals surface area contributed by atoms with Crippen molar-refractivity contribution in [2.24, 2.45) is 5.92 Å². The Hall–Kier alpha value is -0.360. The number of nitrogens with zero attached hydrogens (tertiary/aromatic N) is 2. The normalized spacial score (nSPS) is 31.6. The number of hydrogen-bond donors (Lipinski definition) is 1. The Bertz CT molecular complexity index is 568. The lowest BCUT2D eigenvalue weighted by Gasteiger charge is -2.33. The minimum atomic E-state index is 0. The van der Waals surface area contributed by atoms with E-state index in [4.69, 9.17) is 0 Å². The van der Waals surface area contributed by atoms with Crippen LogP contribution in [0.3, 0.4) is 0 Å². The first-order valence-electron chi connectivity index (χ1n) is 9.17. The largest absolute Gasteiger partial charge is 0.341 e. The highest BCUT2D eigenvalue weighted by molar-refractivity contribution is 7.09. The van der Waals surface area contributed by atoms with Crippen molar-refractivity contribution in [3.8, 4) is 0 Å². The van der Waals surface area contributed by atoms with Crippen molar-refractivity contribution in [1.29, 1.82) is 0 Å². The summed E-state index contributed by atoms with van der Waals surface area (Å²) in [4.78, 5) is 19.7. The predicted molar refractivity (Wildman–Crippen MR) is 107 cm³/mol. The zero-order valence-electron chi connectivity index (χ0n) is 14.8. The number of halogens is 2. The number of amides is 1. The zero-order valence-corrected chi connectivity index (χ0v) is 17.2. The van der Waals surface area contributed by atoms with Crippen LogP contribution in [0, 0.1) is 12.8 Å². The summed E-state index contributed by atoms with van der Waals surface area (Å²) in [5, 5.41) is 6.98. The highest BCUT2D eigenvalue weighted by Gasteiger charge is 2.40. The van der Waals surface area contributed by atoms with Crippen LogP contribution < -0.4 is 5.32 Å². The molecule has 25 heavy (non-hydrogen) atoms. The summed E-state index contributed by atoms with van der Waals surface area (Å²) in [6.07, 6.45) is 8.57. The number of carbonyl (C=O) groups excluding carboxylic acids is 1. The van der Waals surface area contributed by atoms with Gasteiger partial charge in [0.15, 0.2) is 0 Å². The summed E-state index contributed by atoms with van der Waals surface area (Å²) in [6.45, 7) is 3.84. The van der Waals surface area contributed by atoms with Crippen LogP contribution in [0.5, 0.6) is 0 Å². The average molecular weight is 406 g/mol. The molecule has 3 fully saturated rings. The smallest absolute Gasteiger partial charge is 0.239 e. The molecule has 0 spiro atoms. The molecule has 4 rings (SSSR count). The third kappa shape index (κ3) is 4.49. The Balaban J connectivity index is 0.00000113. The van der Waals surface area contributed by atoms with Gasteiger partial charge in [0.05, 0.1) is 11.0 Å². The van der Waals surface area contributed by atoms with Crippen LogP contribution in [-0.4, -0.2) is 41.0 Å². The van der Waals surface area contributed by atoms with E-state index in [1.807, 2.05) is 0 Å². The van der Waals surface area contributed by atoms with Crippen molar-refractivity contribution in [2.45, 2.75) is 69.9 Å². The molecule has 1 saturated carbocycles. The van der Waals surface area contributed by atoms with E-state index in [9.17, 15) is 4.79 Å². The van der Waals surface area contributed by atoms with Crippen LogP contribution in [0.15, 0.2) is 5.38 Å². The van der Waals surface area contributed by atoms with Crippen molar-refractivity contribution in [1.82, 2.24) is 15.2 Å². The quantitative estimate of drug-likeness (QED) is 0.810. The van der Waals surface area contributed by atoms with Gasteiger partial charge in [-0.15, -0.1) is 36.2 Å². The maximum atomic E-state index is 13.0. The number of rotatable bonds is 2. The summed E-state index contributed by atoms with van der Waals surface area (Å²) < 4.78 is 0. The van der Waals surface area contributed by atoms with Gasteiger partial charge in [-0.25, -0.2) is 4.98 Å². The minimum absolute atomic E-state index is 0. The third-order valence-electron chi connectivity index (χ3n) is 5.88. The monoisotopic (exact) mass is 405 g/mol. The molecule has 142 valence electrons. The molecule has 2 aliphatic heterocycles. The van der Waals surface area contributed by atoms with Crippen LogP contribution in [0.25, 0.3) is 0 Å². The fourth-order valence-corrected chi connectivity index (χ4v) is 5.59. The molecule has 3 aliphatic rings. The highest BCUT2D eigenvalue weighted by Crippen LogP contribution is 2.35. The lowest BCUT2D eigenvalue weighted by atomic mass is 9.85. The number of hydrogen-bond acceptors (Lipinski definition) is 4. The molecule has 7 heteroatoms. The standard InChI is InChI=1S/C18H27N3OS.2ClH/c1-12-11-23-17(19-12)14-6-4-8-21(10-14)18(22)16-9-13-5-2-3-7-15(13)20-16;;/h11,13-16,20H,2-10H2,1H3;2*1H. The van der Waals surface area contributed by atoms with Crippen molar-refractivity contribution in [2.75, 3.05) is 13.1 Å². The number of fused-ring (bicyclic) bond motifs is 1. The molecule has 1 aromatic heterocycles. The fraction of sp³-hybridized carbons (Fsp3) is 0.778. The van der Waals surface area contributed by atoms with Crippen LogP contribution in [0.2, 0.25) is 0 Å². The molecule has 1 N–H and O–H groups in total.